The molecule has 0 aliphatic carbocycles. The Morgan fingerprint density at radius 2 is 2.22 bits per heavy atom. The van der Waals surface area contributed by atoms with Crippen molar-refractivity contribution in [3.05, 3.63) is 54.0 Å². The smallest absolute Gasteiger partial charge is 0.340 e. The van der Waals surface area contributed by atoms with Crippen LogP contribution in [0.5, 0.6) is 0 Å². The summed E-state index contributed by atoms with van der Waals surface area (Å²) in [6, 6.07) is 7.38. The Kier molecular flexibility index (Phi) is 4.83. The van der Waals surface area contributed by atoms with E-state index in [-0.39, 0.29) is 5.97 Å². The van der Waals surface area contributed by atoms with Crippen LogP contribution in [0.4, 0.5) is 11.4 Å². The fourth-order valence-corrected chi connectivity index (χ4v) is 3.06. The molecule has 1 aromatic carbocycles. The fourth-order valence-electron chi connectivity index (χ4n) is 2.21. The van der Waals surface area contributed by atoms with Crippen LogP contribution in [0.2, 0.25) is 0 Å². The summed E-state index contributed by atoms with van der Waals surface area (Å²) in [5.74, 6) is 0.489. The third kappa shape index (κ3) is 3.65. The molecule has 5 nitrogen and oxygen atoms in total. The number of aromatic nitrogens is 1. The van der Waals surface area contributed by atoms with E-state index >= 15 is 0 Å². The molecule has 23 heavy (non-hydrogen) atoms. The van der Waals surface area contributed by atoms with E-state index in [1.807, 2.05) is 24.3 Å². The van der Waals surface area contributed by atoms with Gasteiger partial charge >= 0.3 is 5.97 Å². The molecule has 1 aliphatic rings. The Balaban J connectivity index is 1.46. The number of anilines is 1. The van der Waals surface area contributed by atoms with Gasteiger partial charge in [0.1, 0.15) is 0 Å². The highest BCUT2D eigenvalue weighted by molar-refractivity contribution is 7.99. The third-order valence-electron chi connectivity index (χ3n) is 3.33. The van der Waals surface area contributed by atoms with Gasteiger partial charge < -0.3 is 10.5 Å². The van der Waals surface area contributed by atoms with Crippen LogP contribution >= 0.6 is 11.8 Å². The predicted octanol–water partition coefficient (Wildman–Crippen LogP) is 3.22. The highest BCUT2D eigenvalue weighted by Crippen LogP contribution is 2.28. The van der Waals surface area contributed by atoms with Crippen molar-refractivity contribution in [3.63, 3.8) is 0 Å². The van der Waals surface area contributed by atoms with Crippen LogP contribution in [0.1, 0.15) is 22.3 Å². The molecule has 1 aliphatic heterocycles. The fraction of sp³-hybridized carbons (Fsp3) is 0.176. The maximum atomic E-state index is 12.1. The second kappa shape index (κ2) is 7.19. The molecule has 117 valence electrons. The number of benzene rings is 1. The summed E-state index contributed by atoms with van der Waals surface area (Å²) >= 11 is 1.63. The van der Waals surface area contributed by atoms with Crippen LogP contribution in [0.25, 0.3) is 6.08 Å². The maximum absolute atomic E-state index is 12.1. The average molecular weight is 326 g/mol. The zero-order valence-electron chi connectivity index (χ0n) is 12.4. The normalized spacial score (nSPS) is 11.8. The SMILES string of the molecule is Nc1cnccc1SCCCOC(=O)c1cccc2c1[N]C=C2. The van der Waals surface area contributed by atoms with E-state index in [0.29, 0.717) is 23.5 Å². The highest BCUT2D eigenvalue weighted by Gasteiger charge is 2.17. The number of nitrogens with zero attached hydrogens (tertiary/aromatic N) is 2. The van der Waals surface area contributed by atoms with Crippen LogP contribution in [0.15, 0.2) is 47.8 Å². The van der Waals surface area contributed by atoms with Crippen molar-refractivity contribution in [2.75, 3.05) is 18.1 Å². The van der Waals surface area contributed by atoms with Gasteiger partial charge in [0.05, 0.1) is 29.7 Å². The second-order valence-corrected chi connectivity index (χ2v) is 6.08. The number of fused-ring (bicyclic) bond motifs is 1. The van der Waals surface area contributed by atoms with Crippen molar-refractivity contribution in [2.45, 2.75) is 11.3 Å². The van der Waals surface area contributed by atoms with Gasteiger partial charge in [0, 0.05) is 28.6 Å². The maximum Gasteiger partial charge on any atom is 0.340 e. The number of pyridine rings is 1. The molecule has 1 aromatic heterocycles. The Labute approximate surface area is 138 Å². The molecular formula is C17H16N3O2S. The molecule has 6 heteroatoms. The topological polar surface area (TPSA) is 79.3 Å². The first-order valence-corrected chi connectivity index (χ1v) is 8.24. The minimum Gasteiger partial charge on any atom is -0.462 e. The quantitative estimate of drug-likeness (QED) is 0.501. The van der Waals surface area contributed by atoms with Crippen LogP contribution in [0, 0.1) is 0 Å². The summed E-state index contributed by atoms with van der Waals surface area (Å²) < 4.78 is 5.34. The standard InChI is InChI=1S/C17H16N3O2S/c18-14-11-19-7-6-15(14)23-10-2-9-22-17(21)13-4-1-3-12-5-8-20-16(12)13/h1,3-8,11H,2,9-10,18H2. The molecular weight excluding hydrogens is 310 g/mol. The van der Waals surface area contributed by atoms with Gasteiger partial charge in [-0.25, -0.2) is 4.79 Å². The second-order valence-electron chi connectivity index (χ2n) is 4.94. The van der Waals surface area contributed by atoms with Gasteiger partial charge in [-0.2, -0.15) is 0 Å². The number of ether oxygens (including phenoxy) is 1. The lowest BCUT2D eigenvalue weighted by Gasteiger charge is -2.08. The minimum absolute atomic E-state index is 0.331. The van der Waals surface area contributed by atoms with Gasteiger partial charge in [0.25, 0.3) is 0 Å². The first-order valence-electron chi connectivity index (χ1n) is 7.25. The molecule has 1 radical (unpaired) electrons. The number of rotatable bonds is 6. The number of para-hydroxylation sites is 1. The Morgan fingerprint density at radius 1 is 1.30 bits per heavy atom. The van der Waals surface area contributed by atoms with E-state index in [9.17, 15) is 4.79 Å². The van der Waals surface area contributed by atoms with E-state index in [4.69, 9.17) is 10.5 Å². The number of thioether (sulfide) groups is 1. The lowest BCUT2D eigenvalue weighted by Crippen LogP contribution is -2.09. The van der Waals surface area contributed by atoms with Crippen LogP contribution in [-0.2, 0) is 4.74 Å². The number of hydrogen-bond donors (Lipinski definition) is 1. The summed E-state index contributed by atoms with van der Waals surface area (Å²) in [4.78, 5) is 17.1. The number of carbonyl (C=O) groups is 1. The number of nitrogen functional groups attached to an aromatic ring is 1. The Bertz CT molecular complexity index is 746. The van der Waals surface area contributed by atoms with Crippen molar-refractivity contribution >= 4 is 35.2 Å². The monoisotopic (exact) mass is 326 g/mol. The molecule has 2 heterocycles. The van der Waals surface area contributed by atoms with E-state index in [0.717, 1.165) is 22.6 Å². The molecule has 0 atom stereocenters. The van der Waals surface area contributed by atoms with Crippen LogP contribution in [-0.4, -0.2) is 23.3 Å². The van der Waals surface area contributed by atoms with Crippen molar-refractivity contribution in [1.29, 1.82) is 0 Å². The molecule has 0 fully saturated rings. The van der Waals surface area contributed by atoms with Crippen molar-refractivity contribution < 1.29 is 9.53 Å². The Morgan fingerprint density at radius 3 is 3.09 bits per heavy atom. The molecule has 2 N–H and O–H groups in total. The molecule has 0 amide bonds. The van der Waals surface area contributed by atoms with Gasteiger partial charge in [-0.3, -0.25) is 10.3 Å². The van der Waals surface area contributed by atoms with Crippen molar-refractivity contribution in [3.8, 4) is 0 Å². The van der Waals surface area contributed by atoms with Gasteiger partial charge in [0.2, 0.25) is 0 Å². The van der Waals surface area contributed by atoms with Crippen molar-refractivity contribution in [2.24, 2.45) is 0 Å². The number of esters is 1. The minimum atomic E-state index is -0.331. The summed E-state index contributed by atoms with van der Waals surface area (Å²) in [6.45, 7) is 0.369. The van der Waals surface area contributed by atoms with Gasteiger partial charge in [-0.05, 0) is 24.6 Å². The van der Waals surface area contributed by atoms with Gasteiger partial charge in [-0.15, -0.1) is 11.8 Å². The first kappa shape index (κ1) is 15.4. The predicted molar refractivity (Wildman–Crippen MR) is 91.5 cm³/mol. The van der Waals surface area contributed by atoms with E-state index in [1.165, 1.54) is 0 Å². The first-order chi connectivity index (χ1) is 11.3. The lowest BCUT2D eigenvalue weighted by molar-refractivity contribution is 0.0507. The molecule has 0 saturated heterocycles. The molecule has 0 unspecified atom stereocenters. The van der Waals surface area contributed by atoms with Gasteiger partial charge in [-0.1, -0.05) is 12.1 Å². The van der Waals surface area contributed by atoms with Crippen LogP contribution in [0.3, 0.4) is 0 Å². The number of nitrogens with two attached hydrogens (primary N) is 1. The third-order valence-corrected chi connectivity index (χ3v) is 4.51. The van der Waals surface area contributed by atoms with E-state index in [1.54, 1.807) is 36.4 Å². The molecule has 0 bridgehead atoms. The molecule has 0 saturated carbocycles. The Hall–Kier alpha value is -2.47. The summed E-state index contributed by atoms with van der Waals surface area (Å²) in [5, 5.41) is 4.21. The highest BCUT2D eigenvalue weighted by atomic mass is 32.2. The largest absolute Gasteiger partial charge is 0.462 e. The van der Waals surface area contributed by atoms with E-state index in [2.05, 4.69) is 10.3 Å². The summed E-state index contributed by atoms with van der Waals surface area (Å²) in [6.07, 6.45) is 7.67. The van der Waals surface area contributed by atoms with Crippen molar-refractivity contribution in [1.82, 2.24) is 10.3 Å². The average Bonchev–Trinajstić information content (AvgIpc) is 3.04. The number of hydrogen-bond acceptors (Lipinski definition) is 5. The zero-order valence-corrected chi connectivity index (χ0v) is 13.3. The molecule has 2 aromatic rings. The zero-order chi connectivity index (χ0) is 16.1. The van der Waals surface area contributed by atoms with E-state index < -0.39 is 0 Å². The van der Waals surface area contributed by atoms with Gasteiger partial charge in [0.15, 0.2) is 0 Å². The number of carbonyl (C=O) groups excluding carboxylic acids is 1. The molecule has 0 spiro atoms. The molecule has 3 rings (SSSR count). The van der Waals surface area contributed by atoms with Crippen LogP contribution < -0.4 is 11.1 Å². The lowest BCUT2D eigenvalue weighted by atomic mass is 10.1. The summed E-state index contributed by atoms with van der Waals surface area (Å²) in [7, 11) is 0. The summed E-state index contributed by atoms with van der Waals surface area (Å²) in [5.41, 5.74) is 8.65.